The van der Waals surface area contributed by atoms with Crippen molar-refractivity contribution in [2.75, 3.05) is 34.3 Å². The summed E-state index contributed by atoms with van der Waals surface area (Å²) < 4.78 is 58.7. The molecule has 0 spiro atoms. The van der Waals surface area contributed by atoms with Gasteiger partial charge in [-0.05, 0) is 67.1 Å². The first-order chi connectivity index (χ1) is 16.4. The second-order valence-corrected chi connectivity index (χ2v) is 11.7. The average molecular weight is 538 g/mol. The molecule has 0 aromatic heterocycles. The number of carbonyl (C=O) groups excluding carboxylic acids is 1. The Hall–Kier alpha value is -3.28. The van der Waals surface area contributed by atoms with Gasteiger partial charge in [-0.25, -0.2) is 16.8 Å². The molecule has 3 aromatic rings. The summed E-state index contributed by atoms with van der Waals surface area (Å²) in [5.74, 6) is -0.244. The molecule has 3 rings (SSSR count). The molecule has 0 atom stereocenters. The maximum absolute atomic E-state index is 12.8. The van der Waals surface area contributed by atoms with Crippen molar-refractivity contribution in [2.24, 2.45) is 0 Å². The molecule has 0 bridgehead atoms. The molecule has 0 radical (unpaired) electrons. The molecule has 0 saturated heterocycles. The molecule has 0 saturated carbocycles. The van der Waals surface area contributed by atoms with Crippen LogP contribution < -0.4 is 19.1 Å². The molecule has 0 aliphatic heterocycles. The van der Waals surface area contributed by atoms with E-state index in [9.17, 15) is 21.6 Å². The summed E-state index contributed by atoms with van der Waals surface area (Å²) in [5.41, 5.74) is 1.69. The first kappa shape index (κ1) is 26.3. The molecule has 3 aromatic carbocycles. The van der Waals surface area contributed by atoms with E-state index in [0.29, 0.717) is 22.1 Å². The topological polar surface area (TPSA) is 122 Å². The number of hydrogen-bond donors (Lipinski definition) is 2. The van der Waals surface area contributed by atoms with Crippen molar-refractivity contribution >= 4 is 54.6 Å². The normalized spacial score (nSPS) is 11.5. The van der Waals surface area contributed by atoms with Gasteiger partial charge in [0.05, 0.1) is 29.6 Å². The zero-order chi connectivity index (χ0) is 25.8. The lowest BCUT2D eigenvalue weighted by atomic mass is 10.2. The second kappa shape index (κ2) is 10.5. The maximum atomic E-state index is 12.8. The predicted molar refractivity (Wildman–Crippen MR) is 137 cm³/mol. The van der Waals surface area contributed by atoms with E-state index in [1.807, 2.05) is 6.92 Å². The Kier molecular flexibility index (Phi) is 7.93. The van der Waals surface area contributed by atoms with E-state index in [1.165, 1.54) is 43.5 Å². The lowest BCUT2D eigenvalue weighted by molar-refractivity contribution is -0.114. The number of aryl methyl sites for hydroxylation is 1. The number of rotatable bonds is 9. The van der Waals surface area contributed by atoms with Crippen LogP contribution in [0, 0.1) is 6.92 Å². The highest BCUT2D eigenvalue weighted by atomic mass is 35.5. The van der Waals surface area contributed by atoms with Crippen LogP contribution in [-0.2, 0) is 24.8 Å². The lowest BCUT2D eigenvalue weighted by Gasteiger charge is -2.22. The number of nitrogens with zero attached hydrogens (tertiary/aromatic N) is 1. The van der Waals surface area contributed by atoms with Gasteiger partial charge in [0, 0.05) is 10.7 Å². The number of sulfonamides is 2. The summed E-state index contributed by atoms with van der Waals surface area (Å²) >= 11 is 5.95. The molecule has 12 heteroatoms. The molecular weight excluding hydrogens is 514 g/mol. The van der Waals surface area contributed by atoms with E-state index in [0.717, 1.165) is 16.1 Å². The van der Waals surface area contributed by atoms with E-state index < -0.39 is 32.5 Å². The van der Waals surface area contributed by atoms with Crippen LogP contribution in [0.25, 0.3) is 0 Å². The van der Waals surface area contributed by atoms with Crippen LogP contribution in [0.15, 0.2) is 71.6 Å². The fraction of sp³-hybridized carbons (Fsp3) is 0.174. The highest BCUT2D eigenvalue weighted by molar-refractivity contribution is 7.92. The van der Waals surface area contributed by atoms with E-state index in [4.69, 9.17) is 16.3 Å². The highest BCUT2D eigenvalue weighted by Gasteiger charge is 2.22. The molecule has 0 aliphatic rings. The third-order valence-electron chi connectivity index (χ3n) is 4.83. The van der Waals surface area contributed by atoms with E-state index in [2.05, 4.69) is 10.0 Å². The summed E-state index contributed by atoms with van der Waals surface area (Å²) in [6.07, 6.45) is 0.983. The van der Waals surface area contributed by atoms with Gasteiger partial charge in [-0.2, -0.15) is 0 Å². The van der Waals surface area contributed by atoms with Gasteiger partial charge in [0.2, 0.25) is 15.9 Å². The zero-order valence-corrected chi connectivity index (χ0v) is 21.5. The van der Waals surface area contributed by atoms with Gasteiger partial charge >= 0.3 is 0 Å². The Morgan fingerprint density at radius 1 is 1.00 bits per heavy atom. The first-order valence-electron chi connectivity index (χ1n) is 10.2. The zero-order valence-electron chi connectivity index (χ0n) is 19.1. The molecule has 0 aliphatic carbocycles. The number of benzene rings is 3. The minimum absolute atomic E-state index is 0.0317. The minimum Gasteiger partial charge on any atom is -0.495 e. The van der Waals surface area contributed by atoms with Gasteiger partial charge in [-0.1, -0.05) is 23.7 Å². The van der Waals surface area contributed by atoms with Crippen LogP contribution in [-0.4, -0.2) is 42.7 Å². The van der Waals surface area contributed by atoms with Crippen LogP contribution in [0.1, 0.15) is 5.56 Å². The third kappa shape index (κ3) is 6.87. The van der Waals surface area contributed by atoms with Crippen molar-refractivity contribution in [1.29, 1.82) is 0 Å². The predicted octanol–water partition coefficient (Wildman–Crippen LogP) is 3.86. The van der Waals surface area contributed by atoms with Crippen molar-refractivity contribution in [1.82, 2.24) is 0 Å². The molecule has 35 heavy (non-hydrogen) atoms. The minimum atomic E-state index is -3.93. The van der Waals surface area contributed by atoms with Gasteiger partial charge in [0.15, 0.2) is 0 Å². The number of ether oxygens (including phenoxy) is 1. The van der Waals surface area contributed by atoms with Crippen LogP contribution >= 0.6 is 11.6 Å². The number of hydrogen-bond acceptors (Lipinski definition) is 6. The number of halogens is 1. The number of anilines is 3. The summed E-state index contributed by atoms with van der Waals surface area (Å²) in [5, 5.41) is 2.89. The first-order valence-corrected chi connectivity index (χ1v) is 13.9. The molecule has 0 fully saturated rings. The quantitative estimate of drug-likeness (QED) is 0.427. The summed E-state index contributed by atoms with van der Waals surface area (Å²) in [6, 6.07) is 16.7. The number of nitrogens with one attached hydrogen (secondary N) is 2. The lowest BCUT2D eigenvalue weighted by Crippen LogP contribution is -2.37. The smallest absolute Gasteiger partial charge is 0.262 e. The molecule has 186 valence electrons. The van der Waals surface area contributed by atoms with Gasteiger partial charge in [-0.15, -0.1) is 0 Å². The van der Waals surface area contributed by atoms with Crippen molar-refractivity contribution in [3.8, 4) is 5.75 Å². The Morgan fingerprint density at radius 3 is 2.29 bits per heavy atom. The summed E-state index contributed by atoms with van der Waals surface area (Å²) in [4.78, 5) is 12.5. The molecule has 0 heterocycles. The molecular formula is C23H24ClN3O6S2. The van der Waals surface area contributed by atoms with Crippen molar-refractivity contribution in [3.05, 3.63) is 77.3 Å². The number of amides is 1. The van der Waals surface area contributed by atoms with E-state index in [-0.39, 0.29) is 10.6 Å². The van der Waals surface area contributed by atoms with Crippen molar-refractivity contribution in [3.63, 3.8) is 0 Å². The fourth-order valence-electron chi connectivity index (χ4n) is 3.18. The fourth-order valence-corrected chi connectivity index (χ4v) is 5.28. The third-order valence-corrected chi connectivity index (χ3v) is 7.59. The molecule has 1 amide bonds. The SMILES string of the molecule is COc1ccc(C)cc1NS(=O)(=O)c1ccc(NC(=O)CN(c2cccc(Cl)c2)S(C)(=O)=O)cc1. The van der Waals surface area contributed by atoms with Crippen LogP contribution in [0.3, 0.4) is 0 Å². The summed E-state index contributed by atoms with van der Waals surface area (Å²) in [6.45, 7) is 1.33. The van der Waals surface area contributed by atoms with Crippen LogP contribution in [0.5, 0.6) is 5.75 Å². The Bertz CT molecular complexity index is 1440. The molecule has 0 unspecified atom stereocenters. The van der Waals surface area contributed by atoms with Crippen LogP contribution in [0.2, 0.25) is 5.02 Å². The Morgan fingerprint density at radius 2 is 1.69 bits per heavy atom. The van der Waals surface area contributed by atoms with Crippen LogP contribution in [0.4, 0.5) is 17.1 Å². The standard InChI is InChI=1S/C23H24ClN3O6S2/c1-16-7-12-22(33-2)21(13-16)26-35(31,32)20-10-8-18(9-11-20)25-23(28)15-27(34(3,29)30)19-6-4-5-17(24)14-19/h4-14,26H,15H2,1-3H3,(H,25,28). The number of methoxy groups -OCH3 is 1. The Labute approximate surface area is 209 Å². The monoisotopic (exact) mass is 537 g/mol. The van der Waals surface area contributed by atoms with Gasteiger partial charge in [0.1, 0.15) is 12.3 Å². The second-order valence-electron chi connectivity index (χ2n) is 7.63. The number of carbonyl (C=O) groups is 1. The van der Waals surface area contributed by atoms with Crippen molar-refractivity contribution < 1.29 is 26.4 Å². The van der Waals surface area contributed by atoms with Gasteiger partial charge < -0.3 is 10.1 Å². The summed E-state index contributed by atoms with van der Waals surface area (Å²) in [7, 11) is -6.26. The Balaban J connectivity index is 1.74. The van der Waals surface area contributed by atoms with Crippen molar-refractivity contribution in [2.45, 2.75) is 11.8 Å². The molecule has 9 nitrogen and oxygen atoms in total. The maximum Gasteiger partial charge on any atom is 0.262 e. The largest absolute Gasteiger partial charge is 0.495 e. The average Bonchev–Trinajstić information content (AvgIpc) is 2.77. The van der Waals surface area contributed by atoms with E-state index >= 15 is 0 Å². The highest BCUT2D eigenvalue weighted by Crippen LogP contribution is 2.28. The van der Waals surface area contributed by atoms with E-state index in [1.54, 1.807) is 30.3 Å². The van der Waals surface area contributed by atoms with Gasteiger partial charge in [0.25, 0.3) is 10.0 Å². The molecule has 2 N–H and O–H groups in total. The van der Waals surface area contributed by atoms with Gasteiger partial charge in [-0.3, -0.25) is 13.8 Å².